The number of nitrogens with zero attached hydrogens (tertiary/aromatic N) is 5. The molecule has 1 aliphatic rings. The van der Waals surface area contributed by atoms with E-state index in [1.54, 1.807) is 23.4 Å². The van der Waals surface area contributed by atoms with Crippen LogP contribution in [0.4, 0.5) is 0 Å². The summed E-state index contributed by atoms with van der Waals surface area (Å²) < 4.78 is 8.28. The quantitative estimate of drug-likeness (QED) is 0.534. The minimum absolute atomic E-state index is 0.0287. The molecule has 1 amide bonds. The normalized spacial score (nSPS) is 14.6. The summed E-state index contributed by atoms with van der Waals surface area (Å²) in [6.07, 6.45) is 2.94. The molecule has 0 unspecified atom stereocenters. The van der Waals surface area contributed by atoms with Gasteiger partial charge in [-0.05, 0) is 45.7 Å². The van der Waals surface area contributed by atoms with Gasteiger partial charge in [-0.25, -0.2) is 9.67 Å². The summed E-state index contributed by atoms with van der Waals surface area (Å²) in [5.41, 5.74) is 2.27. The molecule has 1 aliphatic heterocycles. The van der Waals surface area contributed by atoms with Crippen LogP contribution in [0, 0.1) is 19.8 Å². The average molecular weight is 452 g/mol. The number of aromatic nitrogens is 4. The Kier molecular flexibility index (Phi) is 6.57. The van der Waals surface area contributed by atoms with Crippen LogP contribution in [0.3, 0.4) is 0 Å². The maximum absolute atomic E-state index is 13.1. The molecule has 2 aromatic heterocycles. The van der Waals surface area contributed by atoms with E-state index in [2.05, 4.69) is 10.1 Å². The molecule has 174 valence electrons. The summed E-state index contributed by atoms with van der Waals surface area (Å²) in [4.78, 5) is 44.1. The van der Waals surface area contributed by atoms with Crippen LogP contribution in [-0.2, 0) is 20.9 Å². The summed E-state index contributed by atoms with van der Waals surface area (Å²) >= 11 is 0. The van der Waals surface area contributed by atoms with Crippen molar-refractivity contribution in [2.24, 2.45) is 5.92 Å². The Morgan fingerprint density at radius 1 is 1.12 bits per heavy atom. The number of esters is 1. The lowest BCUT2D eigenvalue weighted by atomic mass is 9.97. The Morgan fingerprint density at radius 2 is 1.82 bits per heavy atom. The van der Waals surface area contributed by atoms with E-state index in [9.17, 15) is 14.4 Å². The molecule has 1 aromatic carbocycles. The standard InChI is InChI=1S/C24H29N5O4/c1-4-33-24(32)18-9-12-27(13-10-18)21(30)11-14-28-17(3)26-22-20(23(28)31)15-25-29(22)19-7-5-16(2)6-8-19/h5-8,15,18H,4,9-14H2,1-3H3. The molecule has 3 aromatic rings. The Labute approximate surface area is 192 Å². The molecular weight excluding hydrogens is 422 g/mol. The average Bonchev–Trinajstić information content (AvgIpc) is 3.23. The van der Waals surface area contributed by atoms with Gasteiger partial charge >= 0.3 is 5.97 Å². The highest BCUT2D eigenvalue weighted by Crippen LogP contribution is 2.20. The lowest BCUT2D eigenvalue weighted by Crippen LogP contribution is -2.41. The topological polar surface area (TPSA) is 99.3 Å². The second-order valence-electron chi connectivity index (χ2n) is 8.40. The first kappa shape index (κ1) is 22.7. The van der Waals surface area contributed by atoms with Gasteiger partial charge in [0, 0.05) is 26.1 Å². The van der Waals surface area contributed by atoms with Gasteiger partial charge in [-0.15, -0.1) is 0 Å². The minimum atomic E-state index is -0.204. The van der Waals surface area contributed by atoms with Crippen molar-refractivity contribution >= 4 is 22.9 Å². The number of carbonyl (C=O) groups excluding carboxylic acids is 2. The van der Waals surface area contributed by atoms with E-state index in [1.165, 1.54) is 10.8 Å². The summed E-state index contributed by atoms with van der Waals surface area (Å²) in [5, 5.41) is 4.79. The fourth-order valence-electron chi connectivity index (χ4n) is 4.23. The zero-order valence-electron chi connectivity index (χ0n) is 19.3. The van der Waals surface area contributed by atoms with Crippen molar-refractivity contribution in [2.45, 2.75) is 46.6 Å². The van der Waals surface area contributed by atoms with Crippen LogP contribution in [0.25, 0.3) is 16.7 Å². The number of likely N-dealkylation sites (tertiary alicyclic amines) is 1. The summed E-state index contributed by atoms with van der Waals surface area (Å²) in [6, 6.07) is 7.85. The lowest BCUT2D eigenvalue weighted by molar-refractivity contribution is -0.151. The van der Waals surface area contributed by atoms with Crippen LogP contribution in [-0.4, -0.2) is 55.8 Å². The van der Waals surface area contributed by atoms with Crippen LogP contribution in [0.2, 0.25) is 0 Å². The molecule has 0 spiro atoms. The van der Waals surface area contributed by atoms with E-state index >= 15 is 0 Å². The van der Waals surface area contributed by atoms with E-state index in [4.69, 9.17) is 4.74 Å². The molecule has 0 radical (unpaired) electrons. The lowest BCUT2D eigenvalue weighted by Gasteiger charge is -2.31. The third kappa shape index (κ3) is 4.67. The van der Waals surface area contributed by atoms with Crippen LogP contribution < -0.4 is 5.56 Å². The molecule has 0 saturated carbocycles. The molecule has 0 N–H and O–H groups in total. The molecule has 1 saturated heterocycles. The molecule has 0 bridgehead atoms. The van der Waals surface area contributed by atoms with Gasteiger partial charge in [-0.1, -0.05) is 17.7 Å². The largest absolute Gasteiger partial charge is 0.466 e. The van der Waals surface area contributed by atoms with Gasteiger partial charge in [0.2, 0.25) is 5.91 Å². The van der Waals surface area contributed by atoms with E-state index < -0.39 is 0 Å². The van der Waals surface area contributed by atoms with Gasteiger partial charge < -0.3 is 9.64 Å². The molecule has 9 nitrogen and oxygen atoms in total. The maximum Gasteiger partial charge on any atom is 0.309 e. The zero-order chi connectivity index (χ0) is 23.5. The van der Waals surface area contributed by atoms with Crippen molar-refractivity contribution < 1.29 is 14.3 Å². The predicted molar refractivity (Wildman–Crippen MR) is 123 cm³/mol. The monoisotopic (exact) mass is 451 g/mol. The Hall–Kier alpha value is -3.49. The van der Waals surface area contributed by atoms with Crippen molar-refractivity contribution in [3.8, 4) is 5.69 Å². The highest BCUT2D eigenvalue weighted by Gasteiger charge is 2.28. The van der Waals surface area contributed by atoms with Crippen LogP contribution in [0.5, 0.6) is 0 Å². The number of piperidine rings is 1. The zero-order valence-corrected chi connectivity index (χ0v) is 19.3. The Bertz CT molecular complexity index is 1220. The first-order valence-electron chi connectivity index (χ1n) is 11.4. The smallest absolute Gasteiger partial charge is 0.309 e. The fourth-order valence-corrected chi connectivity index (χ4v) is 4.23. The maximum atomic E-state index is 13.1. The van der Waals surface area contributed by atoms with Crippen molar-refractivity contribution in [2.75, 3.05) is 19.7 Å². The van der Waals surface area contributed by atoms with E-state index in [0.717, 1.165) is 11.3 Å². The fraction of sp³-hybridized carbons (Fsp3) is 0.458. The Balaban J connectivity index is 1.45. The van der Waals surface area contributed by atoms with Gasteiger partial charge in [-0.3, -0.25) is 19.0 Å². The molecule has 3 heterocycles. The second-order valence-corrected chi connectivity index (χ2v) is 8.40. The number of hydrogen-bond donors (Lipinski definition) is 0. The van der Waals surface area contributed by atoms with Gasteiger partial charge in [0.25, 0.3) is 5.56 Å². The molecule has 4 rings (SSSR count). The number of amides is 1. The highest BCUT2D eigenvalue weighted by molar-refractivity contribution is 5.78. The van der Waals surface area contributed by atoms with Crippen molar-refractivity contribution in [1.29, 1.82) is 0 Å². The van der Waals surface area contributed by atoms with Gasteiger partial charge in [0.05, 0.1) is 24.4 Å². The number of fused-ring (bicyclic) bond motifs is 1. The van der Waals surface area contributed by atoms with Crippen LogP contribution in [0.1, 0.15) is 37.6 Å². The minimum Gasteiger partial charge on any atom is -0.466 e. The first-order chi connectivity index (χ1) is 15.9. The number of ether oxygens (including phenoxy) is 1. The number of benzene rings is 1. The van der Waals surface area contributed by atoms with Gasteiger partial charge in [-0.2, -0.15) is 5.10 Å². The molecule has 0 atom stereocenters. The summed E-state index contributed by atoms with van der Waals surface area (Å²) in [5.74, 6) is 0.183. The van der Waals surface area contributed by atoms with Crippen molar-refractivity contribution in [3.05, 3.63) is 52.2 Å². The van der Waals surface area contributed by atoms with Crippen LogP contribution >= 0.6 is 0 Å². The Morgan fingerprint density at radius 3 is 2.48 bits per heavy atom. The number of carbonyl (C=O) groups is 2. The summed E-state index contributed by atoms with van der Waals surface area (Å²) in [7, 11) is 0. The summed E-state index contributed by atoms with van der Waals surface area (Å²) in [6.45, 7) is 7.24. The van der Waals surface area contributed by atoms with Gasteiger partial charge in [0.1, 0.15) is 11.2 Å². The number of rotatable bonds is 6. The second kappa shape index (κ2) is 9.56. The third-order valence-corrected chi connectivity index (χ3v) is 6.17. The molecule has 9 heteroatoms. The number of hydrogen-bond acceptors (Lipinski definition) is 6. The van der Waals surface area contributed by atoms with E-state index in [0.29, 0.717) is 49.4 Å². The first-order valence-corrected chi connectivity index (χ1v) is 11.4. The van der Waals surface area contributed by atoms with Crippen LogP contribution in [0.15, 0.2) is 35.3 Å². The molecule has 33 heavy (non-hydrogen) atoms. The molecule has 1 fully saturated rings. The van der Waals surface area contributed by atoms with Gasteiger partial charge in [0.15, 0.2) is 5.65 Å². The van der Waals surface area contributed by atoms with E-state index in [-0.39, 0.29) is 36.3 Å². The molecular formula is C24H29N5O4. The van der Waals surface area contributed by atoms with Crippen molar-refractivity contribution in [3.63, 3.8) is 0 Å². The van der Waals surface area contributed by atoms with E-state index in [1.807, 2.05) is 31.2 Å². The predicted octanol–water partition coefficient (Wildman–Crippen LogP) is 2.39. The molecule has 0 aliphatic carbocycles. The van der Waals surface area contributed by atoms with Crippen molar-refractivity contribution in [1.82, 2.24) is 24.2 Å². The highest BCUT2D eigenvalue weighted by atomic mass is 16.5. The number of aryl methyl sites for hydroxylation is 2. The third-order valence-electron chi connectivity index (χ3n) is 6.17. The SMILES string of the molecule is CCOC(=O)C1CCN(C(=O)CCn2c(C)nc3c(cnn3-c3ccc(C)cc3)c2=O)CC1.